The summed E-state index contributed by atoms with van der Waals surface area (Å²) in [6.07, 6.45) is 4.02. The van der Waals surface area contributed by atoms with Crippen LogP contribution in [0.15, 0.2) is 12.4 Å². The second-order valence-corrected chi connectivity index (χ2v) is 4.25. The molecule has 1 saturated heterocycles. The molecule has 1 N–H and O–H groups in total. The highest BCUT2D eigenvalue weighted by Crippen LogP contribution is 2.39. The minimum Gasteiger partial charge on any atom is -0.309 e. The van der Waals surface area contributed by atoms with Crippen LogP contribution in [0.4, 0.5) is 0 Å². The molecule has 0 radical (unpaired) electrons. The van der Waals surface area contributed by atoms with Crippen molar-refractivity contribution in [1.29, 1.82) is 0 Å². The fourth-order valence-electron chi connectivity index (χ4n) is 1.77. The van der Waals surface area contributed by atoms with E-state index in [1.807, 2.05) is 17.9 Å². The molecule has 1 unspecified atom stereocenters. The van der Waals surface area contributed by atoms with Crippen molar-refractivity contribution in [3.63, 3.8) is 0 Å². The highest BCUT2D eigenvalue weighted by Gasteiger charge is 2.39. The molecule has 1 aliphatic rings. The Labute approximate surface area is 97.1 Å². The van der Waals surface area contributed by atoms with Gasteiger partial charge >= 0.3 is 0 Å². The number of nitrogens with one attached hydrogen (secondary N) is 1. The van der Waals surface area contributed by atoms with Crippen molar-refractivity contribution in [2.75, 3.05) is 6.54 Å². The van der Waals surface area contributed by atoms with Gasteiger partial charge in [0.1, 0.15) is 0 Å². The molecular weight excluding hydrogens is 221 g/mol. The molecule has 0 amide bonds. The van der Waals surface area contributed by atoms with E-state index in [0.29, 0.717) is 11.5 Å². The smallest absolute Gasteiger partial charge is 0.0537 e. The predicted octanol–water partition coefficient (Wildman–Crippen LogP) is 1.93. The van der Waals surface area contributed by atoms with Crippen LogP contribution in [-0.2, 0) is 7.05 Å². The first-order chi connectivity index (χ1) is 5.59. The zero-order valence-electron chi connectivity index (χ0n) is 8.65. The van der Waals surface area contributed by atoms with Crippen molar-refractivity contribution in [2.45, 2.75) is 19.9 Å². The molecular formula is C9H17Cl2N3. The largest absolute Gasteiger partial charge is 0.309 e. The number of hydrogen-bond donors (Lipinski definition) is 1. The first-order valence-corrected chi connectivity index (χ1v) is 4.31. The Morgan fingerprint density at radius 3 is 2.43 bits per heavy atom. The molecule has 1 fully saturated rings. The molecule has 1 aliphatic heterocycles. The molecule has 0 saturated carbocycles. The maximum absolute atomic E-state index is 4.16. The lowest BCUT2D eigenvalue weighted by Crippen LogP contribution is -2.52. The van der Waals surface area contributed by atoms with Crippen LogP contribution in [0, 0.1) is 5.41 Å². The predicted molar refractivity (Wildman–Crippen MR) is 62.2 cm³/mol. The quantitative estimate of drug-likeness (QED) is 0.810. The molecule has 1 aromatic heterocycles. The number of halogens is 2. The van der Waals surface area contributed by atoms with Crippen LogP contribution in [0.5, 0.6) is 0 Å². The van der Waals surface area contributed by atoms with Gasteiger partial charge in [-0.1, -0.05) is 13.8 Å². The molecule has 0 aromatic carbocycles. The Hall–Kier alpha value is -0.250. The molecule has 0 aliphatic carbocycles. The summed E-state index contributed by atoms with van der Waals surface area (Å²) in [7, 11) is 1.95. The van der Waals surface area contributed by atoms with E-state index in [1.165, 1.54) is 5.56 Å². The number of aromatic nitrogens is 2. The average Bonchev–Trinajstić information content (AvgIpc) is 2.34. The highest BCUT2D eigenvalue weighted by molar-refractivity contribution is 5.85. The number of nitrogens with zero attached hydrogens (tertiary/aromatic N) is 2. The van der Waals surface area contributed by atoms with Gasteiger partial charge in [-0.3, -0.25) is 4.68 Å². The number of rotatable bonds is 1. The van der Waals surface area contributed by atoms with Gasteiger partial charge in [0, 0.05) is 31.4 Å². The zero-order valence-corrected chi connectivity index (χ0v) is 10.3. The minimum absolute atomic E-state index is 0. The topological polar surface area (TPSA) is 29.9 Å². The van der Waals surface area contributed by atoms with Gasteiger partial charge < -0.3 is 5.32 Å². The van der Waals surface area contributed by atoms with Gasteiger partial charge in [-0.05, 0) is 5.41 Å². The van der Waals surface area contributed by atoms with E-state index in [1.54, 1.807) is 0 Å². The summed E-state index contributed by atoms with van der Waals surface area (Å²) in [6.45, 7) is 5.66. The normalized spacial score (nSPS) is 22.9. The van der Waals surface area contributed by atoms with Crippen LogP contribution in [-0.4, -0.2) is 16.3 Å². The SMILES string of the molecule is Cl.Cl.Cn1cc(C2NCC2(C)C)cn1. The monoisotopic (exact) mass is 237 g/mol. The van der Waals surface area contributed by atoms with Crippen LogP contribution >= 0.6 is 24.8 Å². The third-order valence-electron chi connectivity index (χ3n) is 2.60. The average molecular weight is 238 g/mol. The van der Waals surface area contributed by atoms with Crippen LogP contribution in [0.2, 0.25) is 0 Å². The van der Waals surface area contributed by atoms with Crippen molar-refractivity contribution < 1.29 is 0 Å². The van der Waals surface area contributed by atoms with Gasteiger partial charge in [-0.25, -0.2) is 0 Å². The number of aryl methyl sites for hydroxylation is 1. The van der Waals surface area contributed by atoms with Crippen molar-refractivity contribution in [3.05, 3.63) is 18.0 Å². The fraction of sp³-hybridized carbons (Fsp3) is 0.667. The van der Waals surface area contributed by atoms with E-state index in [0.717, 1.165) is 6.54 Å². The van der Waals surface area contributed by atoms with Crippen molar-refractivity contribution in [2.24, 2.45) is 12.5 Å². The summed E-state index contributed by atoms with van der Waals surface area (Å²) in [5.74, 6) is 0. The maximum atomic E-state index is 4.16. The Morgan fingerprint density at radius 2 is 2.14 bits per heavy atom. The second kappa shape index (κ2) is 4.51. The van der Waals surface area contributed by atoms with E-state index in [-0.39, 0.29) is 24.8 Å². The van der Waals surface area contributed by atoms with E-state index >= 15 is 0 Å². The van der Waals surface area contributed by atoms with E-state index in [2.05, 4.69) is 30.5 Å². The number of hydrogen-bond acceptors (Lipinski definition) is 2. The molecule has 0 bridgehead atoms. The molecule has 0 spiro atoms. The Balaban J connectivity index is 0.000000845. The Kier molecular flexibility index (Phi) is 4.43. The molecule has 3 nitrogen and oxygen atoms in total. The van der Waals surface area contributed by atoms with Gasteiger partial charge in [0.25, 0.3) is 0 Å². The third kappa shape index (κ3) is 2.22. The molecule has 82 valence electrons. The lowest BCUT2D eigenvalue weighted by Gasteiger charge is -2.45. The minimum atomic E-state index is 0. The highest BCUT2D eigenvalue weighted by atomic mass is 35.5. The summed E-state index contributed by atoms with van der Waals surface area (Å²) in [5, 5.41) is 7.57. The maximum Gasteiger partial charge on any atom is 0.0537 e. The van der Waals surface area contributed by atoms with Crippen LogP contribution < -0.4 is 5.32 Å². The first-order valence-electron chi connectivity index (χ1n) is 4.31. The van der Waals surface area contributed by atoms with Gasteiger partial charge in [-0.2, -0.15) is 5.10 Å². The van der Waals surface area contributed by atoms with E-state index in [9.17, 15) is 0 Å². The van der Waals surface area contributed by atoms with Crippen LogP contribution in [0.3, 0.4) is 0 Å². The Morgan fingerprint density at radius 1 is 1.50 bits per heavy atom. The Bertz CT molecular complexity index is 296. The summed E-state index contributed by atoms with van der Waals surface area (Å²) in [5.41, 5.74) is 1.69. The molecule has 1 atom stereocenters. The van der Waals surface area contributed by atoms with Gasteiger partial charge in [0.05, 0.1) is 6.20 Å². The molecule has 1 aromatic rings. The standard InChI is InChI=1S/C9H15N3.2ClH/c1-9(2)6-10-8(9)7-4-11-12(3)5-7;;/h4-5,8,10H,6H2,1-3H3;2*1H. The lowest BCUT2D eigenvalue weighted by molar-refractivity contribution is 0.128. The lowest BCUT2D eigenvalue weighted by atomic mass is 9.75. The second-order valence-electron chi connectivity index (χ2n) is 4.25. The van der Waals surface area contributed by atoms with E-state index < -0.39 is 0 Å². The summed E-state index contributed by atoms with van der Waals surface area (Å²) >= 11 is 0. The third-order valence-corrected chi connectivity index (χ3v) is 2.60. The fourth-order valence-corrected chi connectivity index (χ4v) is 1.77. The molecule has 14 heavy (non-hydrogen) atoms. The van der Waals surface area contributed by atoms with Gasteiger partial charge in [-0.15, -0.1) is 24.8 Å². The van der Waals surface area contributed by atoms with E-state index in [4.69, 9.17) is 0 Å². The first kappa shape index (κ1) is 13.8. The van der Waals surface area contributed by atoms with Crippen molar-refractivity contribution >= 4 is 24.8 Å². The summed E-state index contributed by atoms with van der Waals surface area (Å²) in [4.78, 5) is 0. The summed E-state index contributed by atoms with van der Waals surface area (Å²) in [6, 6.07) is 0.492. The zero-order chi connectivity index (χ0) is 8.77. The molecule has 2 heterocycles. The molecule has 5 heteroatoms. The summed E-state index contributed by atoms with van der Waals surface area (Å²) < 4.78 is 1.85. The van der Waals surface area contributed by atoms with Crippen molar-refractivity contribution in [1.82, 2.24) is 15.1 Å². The van der Waals surface area contributed by atoms with Crippen LogP contribution in [0.25, 0.3) is 0 Å². The van der Waals surface area contributed by atoms with Crippen LogP contribution in [0.1, 0.15) is 25.5 Å². The van der Waals surface area contributed by atoms with Crippen molar-refractivity contribution in [3.8, 4) is 0 Å². The van der Waals surface area contributed by atoms with Gasteiger partial charge in [0.15, 0.2) is 0 Å². The molecule has 2 rings (SSSR count). The van der Waals surface area contributed by atoms with Gasteiger partial charge in [0.2, 0.25) is 0 Å².